The maximum Gasteiger partial charge on any atom is 0.235 e. The van der Waals surface area contributed by atoms with Gasteiger partial charge in [-0.1, -0.05) is 18.2 Å². The minimum atomic E-state index is -2.74. The van der Waals surface area contributed by atoms with Gasteiger partial charge in [0.15, 0.2) is 34.7 Å². The smallest absolute Gasteiger partial charge is 0.235 e. The monoisotopic (exact) mass is 505 g/mol. The van der Waals surface area contributed by atoms with Crippen molar-refractivity contribution in [1.29, 1.82) is 0 Å². The van der Waals surface area contributed by atoms with Gasteiger partial charge in [-0.15, -0.1) is 0 Å². The van der Waals surface area contributed by atoms with Gasteiger partial charge in [-0.05, 0) is 67.7 Å². The van der Waals surface area contributed by atoms with E-state index in [1.54, 1.807) is 44.4 Å². The van der Waals surface area contributed by atoms with E-state index in [1.807, 2.05) is 0 Å². The number of Topliss-reactive ketones (excluding diaryl/α,β-unsaturated/α-hetero) is 4. The molecule has 10 nitrogen and oxygen atoms in total. The van der Waals surface area contributed by atoms with Gasteiger partial charge in [0.25, 0.3) is 0 Å². The normalized spacial score (nSPS) is 31.1. The lowest BCUT2D eigenvalue weighted by Crippen LogP contribution is -2.74. The zero-order chi connectivity index (χ0) is 27.0. The van der Waals surface area contributed by atoms with Crippen LogP contribution < -0.4 is 11.5 Å². The Morgan fingerprint density at radius 3 is 2.27 bits per heavy atom. The number of hydrogen-bond donors (Lipinski definition) is 4. The van der Waals surface area contributed by atoms with Crippen LogP contribution in [0.3, 0.4) is 0 Å². The number of rotatable bonds is 3. The van der Waals surface area contributed by atoms with Crippen molar-refractivity contribution in [3.8, 4) is 16.9 Å². The average Bonchev–Trinajstić information content (AvgIpc) is 2.82. The van der Waals surface area contributed by atoms with Crippen LogP contribution in [0.2, 0.25) is 0 Å². The predicted octanol–water partition coefficient (Wildman–Crippen LogP) is 0.116. The summed E-state index contributed by atoms with van der Waals surface area (Å²) in [7, 11) is 3.10. The third-order valence-corrected chi connectivity index (χ3v) is 8.17. The summed E-state index contributed by atoms with van der Waals surface area (Å²) in [6, 6.07) is 8.90. The zero-order valence-electron chi connectivity index (χ0n) is 20.3. The van der Waals surface area contributed by atoms with Crippen molar-refractivity contribution in [3.05, 3.63) is 47.5 Å². The summed E-state index contributed by atoms with van der Waals surface area (Å²) >= 11 is 0. The molecule has 2 fully saturated rings. The van der Waals surface area contributed by atoms with Crippen molar-refractivity contribution in [2.75, 3.05) is 19.8 Å². The predicted molar refractivity (Wildman–Crippen MR) is 131 cm³/mol. The van der Waals surface area contributed by atoms with E-state index in [0.29, 0.717) is 16.8 Å². The topological polar surface area (TPSA) is 181 Å². The largest absolute Gasteiger partial charge is 0.507 e. The molecule has 3 aliphatic carbocycles. The molecule has 10 heteroatoms. The van der Waals surface area contributed by atoms with E-state index in [1.165, 1.54) is 11.0 Å². The second kappa shape index (κ2) is 8.32. The lowest BCUT2D eigenvalue weighted by molar-refractivity contribution is -0.181. The summed E-state index contributed by atoms with van der Waals surface area (Å²) in [6.07, 6.45) is 0.195. The fourth-order valence-electron chi connectivity index (χ4n) is 6.54. The molecule has 0 aromatic heterocycles. The number of aromatic hydroxyl groups is 1. The molecule has 3 aliphatic rings. The summed E-state index contributed by atoms with van der Waals surface area (Å²) in [4.78, 5) is 67.5. The van der Waals surface area contributed by atoms with E-state index in [4.69, 9.17) is 11.5 Å². The van der Waals surface area contributed by atoms with Crippen molar-refractivity contribution in [2.24, 2.45) is 29.4 Å². The van der Waals surface area contributed by atoms with E-state index >= 15 is 0 Å². The number of fused-ring (bicyclic) bond motifs is 3. The molecular weight excluding hydrogens is 478 g/mol. The second-order valence-electron chi connectivity index (χ2n) is 10.4. The van der Waals surface area contributed by atoms with Crippen LogP contribution >= 0.6 is 0 Å². The number of phenols is 1. The number of nitrogens with zero attached hydrogens (tertiary/aromatic N) is 1. The molecule has 5 rings (SSSR count). The summed E-state index contributed by atoms with van der Waals surface area (Å²) in [5.41, 5.74) is 10.9. The SMILES string of the molecule is CN(C)[C@@H]1C(=O)C(C(N)=O)C(=O)[C@@]2(O)C(=O)C3C(=O)c4c(O)ccc(-c5ccc(N)cc5)c4C[C@H]3C[C@@H]12. The first-order valence-electron chi connectivity index (χ1n) is 11.9. The Balaban J connectivity index is 1.66. The van der Waals surface area contributed by atoms with E-state index < -0.39 is 64.4 Å². The lowest BCUT2D eigenvalue weighted by Gasteiger charge is -2.52. The summed E-state index contributed by atoms with van der Waals surface area (Å²) in [5.74, 6) is -10.6. The van der Waals surface area contributed by atoms with E-state index in [9.17, 15) is 34.2 Å². The fraction of sp³-hybridized carbons (Fsp3) is 0.370. The Bertz CT molecular complexity index is 1380. The molecule has 0 saturated heterocycles. The van der Waals surface area contributed by atoms with Crippen LogP contribution in [0.5, 0.6) is 5.75 Å². The molecule has 0 aliphatic heterocycles. The van der Waals surface area contributed by atoms with Crippen molar-refractivity contribution < 1.29 is 34.2 Å². The number of carbonyl (C=O) groups is 5. The van der Waals surface area contributed by atoms with Crippen LogP contribution in [0.1, 0.15) is 22.3 Å². The third-order valence-electron chi connectivity index (χ3n) is 8.17. The Labute approximate surface area is 212 Å². The summed E-state index contributed by atoms with van der Waals surface area (Å²) < 4.78 is 0. The highest BCUT2D eigenvalue weighted by atomic mass is 16.3. The highest BCUT2D eigenvalue weighted by Gasteiger charge is 2.69. The van der Waals surface area contributed by atoms with Crippen LogP contribution in [-0.2, 0) is 25.6 Å². The number of ketones is 4. The van der Waals surface area contributed by atoms with Gasteiger partial charge in [0.2, 0.25) is 5.91 Å². The molecule has 2 unspecified atom stereocenters. The average molecular weight is 506 g/mol. The molecule has 0 radical (unpaired) electrons. The molecule has 0 heterocycles. The third kappa shape index (κ3) is 3.36. The number of nitrogens with two attached hydrogens (primary N) is 2. The Morgan fingerprint density at radius 2 is 1.68 bits per heavy atom. The number of aliphatic hydroxyl groups is 1. The van der Waals surface area contributed by atoms with Gasteiger partial charge in [0.05, 0.1) is 17.5 Å². The van der Waals surface area contributed by atoms with Gasteiger partial charge in [-0.3, -0.25) is 28.9 Å². The van der Waals surface area contributed by atoms with Crippen LogP contribution in [0, 0.1) is 23.7 Å². The number of primary amides is 1. The van der Waals surface area contributed by atoms with E-state index in [2.05, 4.69) is 0 Å². The number of likely N-dealkylation sites (N-methyl/N-ethyl adjacent to an activating group) is 1. The molecule has 6 atom stereocenters. The fourth-order valence-corrected chi connectivity index (χ4v) is 6.54. The standard InChI is InChI=1S/C27H27N3O7/c1-30(2)21-16-10-12-9-15-14(11-3-5-13(28)6-4-11)7-8-17(31)19(15)22(32)18(12)24(34)27(16,37)25(35)20(23(21)33)26(29)36/h3-8,12,16,18,20-21,31,37H,9-10,28H2,1-2H3,(H2,29,36)/t12-,16-,18?,20?,21-,27-/m0/s1. The van der Waals surface area contributed by atoms with Crippen LogP contribution in [-0.4, -0.2) is 69.9 Å². The molecule has 192 valence electrons. The van der Waals surface area contributed by atoms with Crippen LogP contribution in [0.15, 0.2) is 36.4 Å². The first-order chi connectivity index (χ1) is 17.4. The Morgan fingerprint density at radius 1 is 1.03 bits per heavy atom. The Hall–Kier alpha value is -3.89. The van der Waals surface area contributed by atoms with E-state index in [0.717, 1.165) is 5.56 Å². The number of phenolic OH excluding ortho intramolecular Hbond substituents is 1. The quantitative estimate of drug-likeness (QED) is 0.333. The molecule has 2 aromatic rings. The number of amides is 1. The van der Waals surface area contributed by atoms with Gasteiger partial charge >= 0.3 is 0 Å². The van der Waals surface area contributed by atoms with Gasteiger partial charge in [-0.2, -0.15) is 0 Å². The molecule has 2 aromatic carbocycles. The maximum atomic E-state index is 13.8. The molecule has 0 spiro atoms. The number of hydrogen-bond acceptors (Lipinski definition) is 9. The zero-order valence-corrected chi connectivity index (χ0v) is 20.3. The molecule has 0 bridgehead atoms. The Kier molecular flexibility index (Phi) is 5.58. The highest BCUT2D eigenvalue weighted by Crippen LogP contribution is 2.51. The van der Waals surface area contributed by atoms with Gasteiger partial charge in [-0.25, -0.2) is 0 Å². The van der Waals surface area contributed by atoms with Gasteiger partial charge < -0.3 is 21.7 Å². The van der Waals surface area contributed by atoms with Gasteiger partial charge in [0, 0.05) is 11.6 Å². The molecule has 37 heavy (non-hydrogen) atoms. The van der Waals surface area contributed by atoms with Crippen molar-refractivity contribution in [3.63, 3.8) is 0 Å². The lowest BCUT2D eigenvalue weighted by atomic mass is 9.52. The highest BCUT2D eigenvalue weighted by molar-refractivity contribution is 6.32. The molecule has 2 saturated carbocycles. The molecule has 1 amide bonds. The minimum absolute atomic E-state index is 0.000723. The number of carbonyl (C=O) groups excluding carboxylic acids is 5. The maximum absolute atomic E-state index is 13.8. The number of anilines is 1. The summed E-state index contributed by atoms with van der Waals surface area (Å²) in [6.45, 7) is 0. The van der Waals surface area contributed by atoms with Crippen molar-refractivity contribution >= 4 is 34.7 Å². The second-order valence-corrected chi connectivity index (χ2v) is 10.4. The molecular formula is C27H27N3O7. The number of nitrogen functional groups attached to an aromatic ring is 1. The van der Waals surface area contributed by atoms with Crippen LogP contribution in [0.25, 0.3) is 11.1 Å². The number of benzene rings is 2. The van der Waals surface area contributed by atoms with Crippen LogP contribution in [0.4, 0.5) is 5.69 Å². The summed E-state index contributed by atoms with van der Waals surface area (Å²) in [5, 5.41) is 22.2. The minimum Gasteiger partial charge on any atom is -0.507 e. The van der Waals surface area contributed by atoms with Crippen molar-refractivity contribution in [2.45, 2.75) is 24.5 Å². The molecule has 6 N–H and O–H groups in total. The first kappa shape index (κ1) is 24.8. The van der Waals surface area contributed by atoms with E-state index in [-0.39, 0.29) is 24.2 Å². The van der Waals surface area contributed by atoms with Gasteiger partial charge in [0.1, 0.15) is 5.75 Å². The first-order valence-corrected chi connectivity index (χ1v) is 11.9. The van der Waals surface area contributed by atoms with Crippen molar-refractivity contribution in [1.82, 2.24) is 4.90 Å².